The summed E-state index contributed by atoms with van der Waals surface area (Å²) in [7, 11) is 5.91. The quantitative estimate of drug-likeness (QED) is 0.805. The minimum absolute atomic E-state index is 0.285. The van der Waals surface area contributed by atoms with Crippen LogP contribution in [0.5, 0.6) is 0 Å². The van der Waals surface area contributed by atoms with E-state index in [9.17, 15) is 4.79 Å². The molecule has 4 heterocycles. The first-order valence-electron chi connectivity index (χ1n) is 9.87. The maximum atomic E-state index is 11.7. The predicted molar refractivity (Wildman–Crippen MR) is 104 cm³/mol. The summed E-state index contributed by atoms with van der Waals surface area (Å²) in [6, 6.07) is 3.96. The minimum atomic E-state index is 0.285. The topological polar surface area (TPSA) is 69.9 Å². The van der Waals surface area contributed by atoms with E-state index in [-0.39, 0.29) is 5.91 Å². The van der Waals surface area contributed by atoms with Gasteiger partial charge in [0.05, 0.1) is 0 Å². The predicted octanol–water partition coefficient (Wildman–Crippen LogP) is 1.24. The van der Waals surface area contributed by atoms with Crippen LogP contribution < -0.4 is 4.90 Å². The van der Waals surface area contributed by atoms with E-state index in [2.05, 4.69) is 15.1 Å². The molecule has 8 nitrogen and oxygen atoms in total. The Morgan fingerprint density at radius 1 is 1.15 bits per heavy atom. The molecule has 27 heavy (non-hydrogen) atoms. The molecule has 0 aliphatic carbocycles. The number of fused-ring (bicyclic) bond motifs is 1. The van der Waals surface area contributed by atoms with E-state index >= 15 is 0 Å². The van der Waals surface area contributed by atoms with Gasteiger partial charge in [-0.1, -0.05) is 0 Å². The van der Waals surface area contributed by atoms with Crippen LogP contribution in [-0.2, 0) is 4.79 Å². The van der Waals surface area contributed by atoms with Gasteiger partial charge in [-0.25, -0.2) is 0 Å². The summed E-state index contributed by atoms with van der Waals surface area (Å²) in [5, 5.41) is 13.5. The van der Waals surface area contributed by atoms with E-state index in [1.165, 1.54) is 0 Å². The molecule has 0 aromatic carbocycles. The van der Waals surface area contributed by atoms with E-state index < -0.39 is 0 Å². The second-order valence-corrected chi connectivity index (χ2v) is 8.17. The number of amides is 1. The molecule has 0 radical (unpaired) electrons. The highest BCUT2D eigenvalue weighted by Gasteiger charge is 2.29. The third-order valence-electron chi connectivity index (χ3n) is 5.92. The molecular weight excluding hydrogens is 342 g/mol. The van der Waals surface area contributed by atoms with Crippen molar-refractivity contribution in [3.05, 3.63) is 18.0 Å². The number of hydrogen-bond donors (Lipinski definition) is 0. The van der Waals surface area contributed by atoms with E-state index in [1.54, 1.807) is 0 Å². The molecule has 4 rings (SSSR count). The Kier molecular flexibility index (Phi) is 4.99. The monoisotopic (exact) mass is 371 g/mol. The zero-order valence-corrected chi connectivity index (χ0v) is 16.5. The third kappa shape index (κ3) is 3.76. The van der Waals surface area contributed by atoms with Crippen LogP contribution in [0, 0.1) is 5.92 Å². The van der Waals surface area contributed by atoms with Gasteiger partial charge in [0.1, 0.15) is 5.82 Å². The van der Waals surface area contributed by atoms with E-state index in [1.807, 2.05) is 47.6 Å². The molecule has 2 aromatic rings. The average molecular weight is 371 g/mol. The Labute approximate surface area is 160 Å². The highest BCUT2D eigenvalue weighted by molar-refractivity contribution is 5.76. The molecule has 1 unspecified atom stereocenters. The summed E-state index contributed by atoms with van der Waals surface area (Å²) in [4.78, 5) is 18.1. The summed E-state index contributed by atoms with van der Waals surface area (Å²) in [6.07, 6.45) is 3.88. The van der Waals surface area contributed by atoms with Gasteiger partial charge in [0.25, 0.3) is 0 Å². The largest absolute Gasteiger partial charge is 0.361 e. The van der Waals surface area contributed by atoms with Crippen molar-refractivity contribution in [1.82, 2.24) is 29.6 Å². The van der Waals surface area contributed by atoms with Crippen molar-refractivity contribution in [2.24, 2.45) is 5.92 Å². The Morgan fingerprint density at radius 2 is 1.93 bits per heavy atom. The number of carbonyl (C=O) groups excluding carboxylic acids is 1. The normalized spacial score (nSPS) is 22.6. The van der Waals surface area contributed by atoms with Gasteiger partial charge in [-0.05, 0) is 50.4 Å². The average Bonchev–Trinajstić information content (AvgIpc) is 3.08. The Hall–Kier alpha value is -2.22. The van der Waals surface area contributed by atoms with Gasteiger partial charge in [0, 0.05) is 46.6 Å². The second kappa shape index (κ2) is 7.42. The summed E-state index contributed by atoms with van der Waals surface area (Å²) in [5.41, 5.74) is 0.813. The van der Waals surface area contributed by atoms with Crippen LogP contribution in [0.2, 0.25) is 0 Å². The molecule has 8 heteroatoms. The first-order chi connectivity index (χ1) is 13.0. The first kappa shape index (κ1) is 18.2. The van der Waals surface area contributed by atoms with Crippen molar-refractivity contribution in [2.75, 3.05) is 52.2 Å². The molecule has 2 aromatic heterocycles. The molecule has 1 atom stereocenters. The molecule has 146 valence electrons. The molecule has 1 amide bonds. The lowest BCUT2D eigenvalue weighted by Crippen LogP contribution is -2.44. The summed E-state index contributed by atoms with van der Waals surface area (Å²) in [6.45, 7) is 4.13. The van der Waals surface area contributed by atoms with E-state index in [0.29, 0.717) is 18.3 Å². The lowest BCUT2D eigenvalue weighted by Gasteiger charge is -2.36. The van der Waals surface area contributed by atoms with E-state index in [0.717, 1.165) is 62.7 Å². The van der Waals surface area contributed by atoms with Crippen molar-refractivity contribution in [3.8, 4) is 0 Å². The minimum Gasteiger partial charge on any atom is -0.361 e. The number of likely N-dealkylation sites (tertiary alicyclic amines) is 2. The summed E-state index contributed by atoms with van der Waals surface area (Å²) >= 11 is 0. The van der Waals surface area contributed by atoms with Crippen LogP contribution in [0.4, 0.5) is 5.82 Å². The molecular formula is C19H29N7O. The van der Waals surface area contributed by atoms with Crippen molar-refractivity contribution in [3.63, 3.8) is 0 Å². The Bertz CT molecular complexity index is 809. The molecule has 2 aliphatic rings. The van der Waals surface area contributed by atoms with Crippen molar-refractivity contribution >= 4 is 17.4 Å². The van der Waals surface area contributed by atoms with Crippen LogP contribution in [0.15, 0.2) is 12.1 Å². The van der Waals surface area contributed by atoms with Crippen molar-refractivity contribution < 1.29 is 4.79 Å². The number of rotatable bonds is 4. The smallest absolute Gasteiger partial charge is 0.222 e. The first-order valence-corrected chi connectivity index (χ1v) is 9.87. The Morgan fingerprint density at radius 3 is 2.63 bits per heavy atom. The van der Waals surface area contributed by atoms with Gasteiger partial charge >= 0.3 is 0 Å². The zero-order valence-electron chi connectivity index (χ0n) is 16.5. The van der Waals surface area contributed by atoms with Crippen LogP contribution in [-0.4, -0.2) is 82.8 Å². The van der Waals surface area contributed by atoms with Crippen LogP contribution in [0.1, 0.15) is 37.4 Å². The number of nitrogens with zero attached hydrogens (tertiary/aromatic N) is 7. The highest BCUT2D eigenvalue weighted by Crippen LogP contribution is 2.28. The second-order valence-electron chi connectivity index (χ2n) is 8.17. The molecule has 0 bridgehead atoms. The molecule has 0 N–H and O–H groups in total. The van der Waals surface area contributed by atoms with Gasteiger partial charge in [0.2, 0.25) is 5.91 Å². The van der Waals surface area contributed by atoms with Crippen LogP contribution in [0.25, 0.3) is 5.65 Å². The summed E-state index contributed by atoms with van der Waals surface area (Å²) in [5.74, 6) is 3.18. The lowest BCUT2D eigenvalue weighted by molar-refractivity contribution is -0.133. The Balaban J connectivity index is 1.39. The number of hydrogen-bond acceptors (Lipinski definition) is 6. The SMILES string of the molecule is CN1CC(CN2CCC(c3nnc4ccc(N(C)C)nn34)CC2)CCC1=O. The maximum Gasteiger partial charge on any atom is 0.222 e. The van der Waals surface area contributed by atoms with Gasteiger partial charge in [0.15, 0.2) is 11.5 Å². The van der Waals surface area contributed by atoms with Gasteiger partial charge in [-0.3, -0.25) is 4.79 Å². The van der Waals surface area contributed by atoms with Crippen LogP contribution >= 0.6 is 0 Å². The zero-order chi connectivity index (χ0) is 19.0. The highest BCUT2D eigenvalue weighted by atomic mass is 16.2. The fourth-order valence-corrected chi connectivity index (χ4v) is 4.28. The number of carbonyl (C=O) groups is 1. The molecule has 0 spiro atoms. The van der Waals surface area contributed by atoms with Gasteiger partial charge in [-0.2, -0.15) is 4.52 Å². The molecule has 0 saturated carbocycles. The lowest BCUT2D eigenvalue weighted by atomic mass is 9.93. The van der Waals surface area contributed by atoms with Crippen molar-refractivity contribution in [1.29, 1.82) is 0 Å². The van der Waals surface area contributed by atoms with E-state index in [4.69, 9.17) is 5.10 Å². The van der Waals surface area contributed by atoms with Crippen LogP contribution in [0.3, 0.4) is 0 Å². The molecule has 2 fully saturated rings. The number of anilines is 1. The van der Waals surface area contributed by atoms with Gasteiger partial charge in [-0.15, -0.1) is 15.3 Å². The third-order valence-corrected chi connectivity index (χ3v) is 5.92. The fourth-order valence-electron chi connectivity index (χ4n) is 4.28. The number of piperidine rings is 2. The maximum absolute atomic E-state index is 11.7. The van der Waals surface area contributed by atoms with Crippen molar-refractivity contribution in [2.45, 2.75) is 31.6 Å². The summed E-state index contributed by atoms with van der Waals surface area (Å²) < 4.78 is 1.91. The number of aromatic nitrogens is 4. The van der Waals surface area contributed by atoms with Gasteiger partial charge < -0.3 is 14.7 Å². The molecule has 2 saturated heterocycles. The standard InChI is InChI=1S/C19H29N7O/c1-23(2)17-6-5-16-20-21-19(26(16)22-17)15-8-10-25(11-9-15)13-14-4-7-18(27)24(3)12-14/h5-6,14-15H,4,7-13H2,1-3H3. The molecule has 2 aliphatic heterocycles. The fraction of sp³-hybridized carbons (Fsp3) is 0.684.